The summed E-state index contributed by atoms with van der Waals surface area (Å²) in [4.78, 5) is 28.3. The molecule has 0 spiro atoms. The predicted octanol–water partition coefficient (Wildman–Crippen LogP) is 2.67. The number of nitrogens with zero attached hydrogens (tertiary/aromatic N) is 3. The number of hydrogen-bond acceptors (Lipinski definition) is 6. The number of nitro benzene ring substituents is 1. The molecule has 3 rings (SSSR count). The fourth-order valence-electron chi connectivity index (χ4n) is 4.20. The maximum Gasteiger partial charge on any atom is 0.293 e. The minimum Gasteiger partial charge on any atom is -0.379 e. The summed E-state index contributed by atoms with van der Waals surface area (Å²) in [5.74, 6) is 0.253. The molecule has 0 aromatic heterocycles. The van der Waals surface area contributed by atoms with Crippen LogP contribution in [0.4, 0.5) is 11.4 Å². The van der Waals surface area contributed by atoms with Crippen molar-refractivity contribution < 1.29 is 14.5 Å². The van der Waals surface area contributed by atoms with Gasteiger partial charge >= 0.3 is 0 Å². The molecule has 1 atom stereocenters. The number of carbonyl (C=O) groups is 1. The van der Waals surface area contributed by atoms with Crippen LogP contribution in [0.1, 0.15) is 43.5 Å². The number of anilines is 1. The smallest absolute Gasteiger partial charge is 0.293 e. The normalized spacial score (nSPS) is 18.8. The molecule has 1 aromatic rings. The second-order valence-electron chi connectivity index (χ2n) is 8.30. The van der Waals surface area contributed by atoms with Gasteiger partial charge in [0.1, 0.15) is 5.69 Å². The molecule has 1 N–H and O–H groups in total. The number of rotatable bonds is 8. The van der Waals surface area contributed by atoms with Gasteiger partial charge in [-0.15, -0.1) is 0 Å². The Morgan fingerprint density at radius 2 is 1.90 bits per heavy atom. The summed E-state index contributed by atoms with van der Waals surface area (Å²) in [5, 5.41) is 14.6. The fourth-order valence-corrected chi connectivity index (χ4v) is 4.20. The Morgan fingerprint density at radius 1 is 1.21 bits per heavy atom. The van der Waals surface area contributed by atoms with Gasteiger partial charge in [-0.25, -0.2) is 0 Å². The lowest BCUT2D eigenvalue weighted by Gasteiger charge is -2.35. The molecule has 8 heteroatoms. The summed E-state index contributed by atoms with van der Waals surface area (Å²) < 4.78 is 5.44. The third-order valence-electron chi connectivity index (χ3n) is 5.68. The topological polar surface area (TPSA) is 88.0 Å². The zero-order chi connectivity index (χ0) is 20.8. The van der Waals surface area contributed by atoms with Crippen LogP contribution in [-0.4, -0.2) is 67.7 Å². The van der Waals surface area contributed by atoms with Crippen LogP contribution in [0.2, 0.25) is 0 Å². The van der Waals surface area contributed by atoms with Crippen molar-refractivity contribution >= 4 is 17.3 Å². The lowest BCUT2D eigenvalue weighted by Crippen LogP contribution is -2.49. The minimum atomic E-state index is -0.389. The van der Waals surface area contributed by atoms with E-state index in [2.05, 4.69) is 24.1 Å². The second kappa shape index (κ2) is 10.0. The zero-order valence-electron chi connectivity index (χ0n) is 17.4. The molecule has 2 fully saturated rings. The Balaban J connectivity index is 1.68. The van der Waals surface area contributed by atoms with E-state index in [1.165, 1.54) is 6.07 Å². The summed E-state index contributed by atoms with van der Waals surface area (Å²) >= 11 is 0. The number of nitro groups is 1. The van der Waals surface area contributed by atoms with E-state index >= 15 is 0 Å². The Kier molecular flexibility index (Phi) is 7.44. The van der Waals surface area contributed by atoms with Gasteiger partial charge in [0.15, 0.2) is 0 Å². The Bertz CT molecular complexity index is 713. The van der Waals surface area contributed by atoms with Crippen molar-refractivity contribution in [3.05, 3.63) is 33.9 Å². The molecule has 0 aliphatic carbocycles. The summed E-state index contributed by atoms with van der Waals surface area (Å²) in [6.07, 6.45) is 3.06. The minimum absolute atomic E-state index is 0.00598. The molecule has 1 aromatic carbocycles. The van der Waals surface area contributed by atoms with E-state index < -0.39 is 0 Å². The third-order valence-corrected chi connectivity index (χ3v) is 5.68. The van der Waals surface area contributed by atoms with Crippen LogP contribution in [-0.2, 0) is 4.74 Å². The van der Waals surface area contributed by atoms with Gasteiger partial charge < -0.3 is 15.0 Å². The molecule has 2 saturated heterocycles. The van der Waals surface area contributed by atoms with Gasteiger partial charge in [0.2, 0.25) is 0 Å². The summed E-state index contributed by atoms with van der Waals surface area (Å²) in [6.45, 7) is 9.68. The maximum absolute atomic E-state index is 12.7. The molecule has 2 aliphatic rings. The van der Waals surface area contributed by atoms with Crippen LogP contribution in [0.3, 0.4) is 0 Å². The first-order valence-electron chi connectivity index (χ1n) is 10.6. The van der Waals surface area contributed by atoms with Gasteiger partial charge in [0.05, 0.1) is 18.1 Å². The maximum atomic E-state index is 12.7. The van der Waals surface area contributed by atoms with E-state index in [-0.39, 0.29) is 22.6 Å². The number of nitrogens with one attached hydrogen (secondary N) is 1. The van der Waals surface area contributed by atoms with E-state index in [0.29, 0.717) is 36.9 Å². The first-order chi connectivity index (χ1) is 14.0. The molecule has 1 unspecified atom stereocenters. The lowest BCUT2D eigenvalue weighted by atomic mass is 10.0. The monoisotopic (exact) mass is 404 g/mol. The predicted molar refractivity (Wildman–Crippen MR) is 113 cm³/mol. The zero-order valence-corrected chi connectivity index (χ0v) is 17.4. The summed E-state index contributed by atoms with van der Waals surface area (Å²) in [7, 11) is 0. The molecule has 2 heterocycles. The average molecular weight is 405 g/mol. The van der Waals surface area contributed by atoms with Crippen LogP contribution >= 0.6 is 0 Å². The van der Waals surface area contributed by atoms with E-state index in [9.17, 15) is 14.9 Å². The quantitative estimate of drug-likeness (QED) is 0.529. The Hall–Kier alpha value is -2.19. The molecule has 0 radical (unpaired) electrons. The summed E-state index contributed by atoms with van der Waals surface area (Å²) in [6, 6.07) is 5.06. The van der Waals surface area contributed by atoms with Crippen molar-refractivity contribution in [2.75, 3.05) is 50.8 Å². The number of hydrogen-bond donors (Lipinski definition) is 1. The van der Waals surface area contributed by atoms with Crippen LogP contribution in [0.5, 0.6) is 0 Å². The fraction of sp³-hybridized carbons (Fsp3) is 0.667. The molecule has 8 nitrogen and oxygen atoms in total. The molecule has 1 amide bonds. The Morgan fingerprint density at radius 3 is 2.52 bits per heavy atom. The highest BCUT2D eigenvalue weighted by atomic mass is 16.6. The van der Waals surface area contributed by atoms with Gasteiger partial charge in [-0.1, -0.05) is 13.8 Å². The lowest BCUT2D eigenvalue weighted by molar-refractivity contribution is -0.384. The van der Waals surface area contributed by atoms with E-state index in [1.807, 2.05) is 4.90 Å². The number of amides is 1. The third kappa shape index (κ3) is 5.67. The molecule has 0 saturated carbocycles. The number of carbonyl (C=O) groups excluding carboxylic acids is 1. The standard InChI is InChI=1S/C21H32N4O4/c1-16(2)13-18(23-9-11-29-12-10-23)15-22-21(26)17-5-6-19(20(14-17)25(27)28)24-7-3-4-8-24/h5-6,14,16,18H,3-4,7-13,15H2,1-2H3,(H,22,26). The molecule has 160 valence electrons. The van der Waals surface area contributed by atoms with Gasteiger partial charge in [-0.05, 0) is 37.3 Å². The molecular weight excluding hydrogens is 372 g/mol. The van der Waals surface area contributed by atoms with E-state index in [4.69, 9.17) is 4.74 Å². The highest BCUT2D eigenvalue weighted by Gasteiger charge is 2.25. The van der Waals surface area contributed by atoms with Crippen LogP contribution in [0, 0.1) is 16.0 Å². The van der Waals surface area contributed by atoms with Crippen molar-refractivity contribution in [2.45, 2.75) is 39.2 Å². The number of ether oxygens (including phenoxy) is 1. The SMILES string of the molecule is CC(C)CC(CNC(=O)c1ccc(N2CCCC2)c([N+](=O)[O-])c1)N1CCOCC1. The summed E-state index contributed by atoms with van der Waals surface area (Å²) in [5.41, 5.74) is 0.950. The van der Waals surface area contributed by atoms with Gasteiger partial charge in [0.25, 0.3) is 11.6 Å². The highest BCUT2D eigenvalue weighted by Crippen LogP contribution is 2.31. The first-order valence-corrected chi connectivity index (χ1v) is 10.6. The molecule has 2 aliphatic heterocycles. The highest BCUT2D eigenvalue weighted by molar-refractivity contribution is 5.95. The molecule has 29 heavy (non-hydrogen) atoms. The number of morpholine rings is 1. The van der Waals surface area contributed by atoms with Crippen molar-refractivity contribution in [3.8, 4) is 0 Å². The second-order valence-corrected chi connectivity index (χ2v) is 8.30. The number of benzene rings is 1. The Labute approximate surface area is 172 Å². The van der Waals surface area contributed by atoms with E-state index in [1.54, 1.807) is 12.1 Å². The largest absolute Gasteiger partial charge is 0.379 e. The van der Waals surface area contributed by atoms with Crippen LogP contribution < -0.4 is 10.2 Å². The molecular formula is C21H32N4O4. The van der Waals surface area contributed by atoms with Crippen molar-refractivity contribution in [3.63, 3.8) is 0 Å². The van der Waals surface area contributed by atoms with Crippen LogP contribution in [0.15, 0.2) is 18.2 Å². The van der Waals surface area contributed by atoms with Gasteiger partial charge in [0, 0.05) is 50.4 Å². The van der Waals surface area contributed by atoms with Crippen LogP contribution in [0.25, 0.3) is 0 Å². The van der Waals surface area contributed by atoms with Gasteiger partial charge in [-0.3, -0.25) is 19.8 Å². The van der Waals surface area contributed by atoms with Crippen molar-refractivity contribution in [1.29, 1.82) is 0 Å². The van der Waals surface area contributed by atoms with Gasteiger partial charge in [-0.2, -0.15) is 0 Å². The first kappa shape index (κ1) is 21.5. The molecule has 0 bridgehead atoms. The average Bonchev–Trinajstić information content (AvgIpc) is 3.25. The van der Waals surface area contributed by atoms with E-state index in [0.717, 1.165) is 45.4 Å². The van der Waals surface area contributed by atoms with Crippen molar-refractivity contribution in [2.24, 2.45) is 5.92 Å². The van der Waals surface area contributed by atoms with Crippen molar-refractivity contribution in [1.82, 2.24) is 10.2 Å².